The van der Waals surface area contributed by atoms with Crippen LogP contribution in [0.25, 0.3) is 0 Å². The Hall–Kier alpha value is -0.720. The van der Waals surface area contributed by atoms with Crippen LogP contribution in [-0.2, 0) is 19.9 Å². The molecule has 0 fully saturated rings. The number of rotatable bonds is 5. The van der Waals surface area contributed by atoms with Gasteiger partial charge < -0.3 is 9.47 Å². The SMILES string of the molecule is CCOC(CC#N)OCC.O=S(=O)(O)O. The van der Waals surface area contributed by atoms with Crippen LogP contribution < -0.4 is 0 Å². The van der Waals surface area contributed by atoms with Gasteiger partial charge in [-0.05, 0) is 13.8 Å². The minimum atomic E-state index is -4.67. The Morgan fingerprint density at radius 1 is 1.27 bits per heavy atom. The van der Waals surface area contributed by atoms with Crippen molar-refractivity contribution in [3.05, 3.63) is 0 Å². The average molecular weight is 241 g/mol. The van der Waals surface area contributed by atoms with E-state index in [1.165, 1.54) is 0 Å². The van der Waals surface area contributed by atoms with Crippen LogP contribution in [0.2, 0.25) is 0 Å². The Kier molecular flexibility index (Phi) is 10.9. The summed E-state index contributed by atoms with van der Waals surface area (Å²) >= 11 is 0. The van der Waals surface area contributed by atoms with Crippen molar-refractivity contribution in [3.8, 4) is 6.07 Å². The van der Waals surface area contributed by atoms with Gasteiger partial charge in [0.05, 0.1) is 12.5 Å². The highest BCUT2D eigenvalue weighted by Crippen LogP contribution is 1.98. The minimum absolute atomic E-state index is 0.307. The van der Waals surface area contributed by atoms with Crippen molar-refractivity contribution in [1.29, 1.82) is 5.26 Å². The molecule has 15 heavy (non-hydrogen) atoms. The van der Waals surface area contributed by atoms with E-state index in [1.807, 2.05) is 19.9 Å². The molecule has 0 aliphatic carbocycles. The molecule has 0 saturated heterocycles. The second kappa shape index (κ2) is 9.82. The summed E-state index contributed by atoms with van der Waals surface area (Å²) in [6.07, 6.45) is -0.0261. The number of nitrogens with zero attached hydrogens (tertiary/aromatic N) is 1. The van der Waals surface area contributed by atoms with Gasteiger partial charge in [-0.25, -0.2) is 0 Å². The molecule has 0 saturated carbocycles. The largest absolute Gasteiger partial charge is 0.394 e. The summed E-state index contributed by atoms with van der Waals surface area (Å²) in [5, 5.41) is 8.28. The van der Waals surface area contributed by atoms with Crippen molar-refractivity contribution in [2.45, 2.75) is 26.6 Å². The molecule has 90 valence electrons. The molecular formula is C7H15NO6S. The summed E-state index contributed by atoms with van der Waals surface area (Å²) in [5.74, 6) is 0. The first-order chi connectivity index (χ1) is 6.85. The molecule has 0 aliphatic heterocycles. The predicted octanol–water partition coefficient (Wildman–Crippen LogP) is 0.646. The lowest BCUT2D eigenvalue weighted by Gasteiger charge is -2.12. The zero-order valence-corrected chi connectivity index (χ0v) is 9.40. The average Bonchev–Trinajstić information content (AvgIpc) is 2.02. The van der Waals surface area contributed by atoms with Crippen molar-refractivity contribution in [2.24, 2.45) is 0 Å². The summed E-state index contributed by atoms with van der Waals surface area (Å²) in [5.41, 5.74) is 0. The predicted molar refractivity (Wildman–Crippen MR) is 51.4 cm³/mol. The molecule has 0 rings (SSSR count). The fourth-order valence-electron chi connectivity index (χ4n) is 0.612. The van der Waals surface area contributed by atoms with Crippen molar-refractivity contribution in [3.63, 3.8) is 0 Å². The molecule has 0 spiro atoms. The van der Waals surface area contributed by atoms with E-state index in [1.54, 1.807) is 0 Å². The van der Waals surface area contributed by atoms with Gasteiger partial charge in [0, 0.05) is 13.2 Å². The highest BCUT2D eigenvalue weighted by Gasteiger charge is 2.04. The molecule has 0 radical (unpaired) electrons. The van der Waals surface area contributed by atoms with Crippen LogP contribution >= 0.6 is 0 Å². The third-order valence-corrected chi connectivity index (χ3v) is 0.963. The fraction of sp³-hybridized carbons (Fsp3) is 0.857. The second-order valence-electron chi connectivity index (χ2n) is 2.15. The van der Waals surface area contributed by atoms with Crippen LogP contribution in [0, 0.1) is 11.3 Å². The molecule has 0 aliphatic rings. The molecule has 0 atom stereocenters. The van der Waals surface area contributed by atoms with Crippen LogP contribution in [0.1, 0.15) is 20.3 Å². The molecule has 0 amide bonds. The lowest BCUT2D eigenvalue weighted by Crippen LogP contribution is -2.16. The van der Waals surface area contributed by atoms with E-state index in [4.69, 9.17) is 32.3 Å². The molecule has 0 unspecified atom stereocenters. The van der Waals surface area contributed by atoms with Crippen molar-refractivity contribution in [1.82, 2.24) is 0 Å². The quantitative estimate of drug-likeness (QED) is 0.536. The normalized spacial score (nSPS) is 10.4. The molecule has 2 N–H and O–H groups in total. The first-order valence-electron chi connectivity index (χ1n) is 4.15. The molecule has 0 heterocycles. The highest BCUT2D eigenvalue weighted by molar-refractivity contribution is 7.79. The Balaban J connectivity index is 0. The Labute approximate surface area is 89.2 Å². The first-order valence-corrected chi connectivity index (χ1v) is 5.54. The molecule has 8 heteroatoms. The molecule has 0 bridgehead atoms. The maximum absolute atomic E-state index is 8.74. The smallest absolute Gasteiger partial charge is 0.352 e. The minimum Gasteiger partial charge on any atom is -0.352 e. The van der Waals surface area contributed by atoms with Crippen LogP contribution in [0.3, 0.4) is 0 Å². The molecule has 0 aromatic heterocycles. The van der Waals surface area contributed by atoms with Gasteiger partial charge in [0.25, 0.3) is 0 Å². The third-order valence-electron chi connectivity index (χ3n) is 0.963. The van der Waals surface area contributed by atoms with Gasteiger partial charge in [-0.15, -0.1) is 0 Å². The van der Waals surface area contributed by atoms with Gasteiger partial charge in [0.15, 0.2) is 6.29 Å². The summed E-state index contributed by atoms with van der Waals surface area (Å²) in [6, 6.07) is 1.99. The standard InChI is InChI=1S/C7H13NO2.H2O4S/c1-3-9-7(5-6-8)10-4-2;1-5(2,3)4/h7H,3-5H2,1-2H3;(H2,1,2,3,4). The zero-order valence-electron chi connectivity index (χ0n) is 8.58. The Morgan fingerprint density at radius 2 is 1.60 bits per heavy atom. The summed E-state index contributed by atoms with van der Waals surface area (Å²) in [6.45, 7) is 4.94. The van der Waals surface area contributed by atoms with E-state index in [-0.39, 0.29) is 6.29 Å². The molecule has 0 aromatic rings. The van der Waals surface area contributed by atoms with Gasteiger partial charge in [-0.3, -0.25) is 9.11 Å². The van der Waals surface area contributed by atoms with Gasteiger partial charge in [-0.2, -0.15) is 13.7 Å². The molecular weight excluding hydrogens is 226 g/mol. The zero-order chi connectivity index (χ0) is 12.3. The summed E-state index contributed by atoms with van der Waals surface area (Å²) < 4.78 is 41.7. The monoisotopic (exact) mass is 241 g/mol. The van der Waals surface area contributed by atoms with E-state index < -0.39 is 10.4 Å². The van der Waals surface area contributed by atoms with E-state index in [0.29, 0.717) is 19.6 Å². The number of nitriles is 1. The van der Waals surface area contributed by atoms with Crippen molar-refractivity contribution in [2.75, 3.05) is 13.2 Å². The highest BCUT2D eigenvalue weighted by atomic mass is 32.3. The van der Waals surface area contributed by atoms with Gasteiger partial charge in [-0.1, -0.05) is 0 Å². The van der Waals surface area contributed by atoms with Gasteiger partial charge >= 0.3 is 10.4 Å². The molecule has 0 aromatic carbocycles. The third kappa shape index (κ3) is 24.6. The van der Waals surface area contributed by atoms with Gasteiger partial charge in [0.2, 0.25) is 0 Å². The van der Waals surface area contributed by atoms with E-state index in [9.17, 15) is 0 Å². The summed E-state index contributed by atoms with van der Waals surface area (Å²) in [7, 11) is -4.67. The van der Waals surface area contributed by atoms with Crippen LogP contribution in [0.5, 0.6) is 0 Å². The Morgan fingerprint density at radius 3 is 1.80 bits per heavy atom. The number of hydrogen-bond donors (Lipinski definition) is 2. The lowest BCUT2D eigenvalue weighted by atomic mass is 10.4. The van der Waals surface area contributed by atoms with Crippen LogP contribution in [-0.4, -0.2) is 37.0 Å². The Bertz CT molecular complexity index is 256. The first kappa shape index (κ1) is 16.7. The number of hydrogen-bond acceptors (Lipinski definition) is 5. The fourth-order valence-corrected chi connectivity index (χ4v) is 0.612. The number of ether oxygens (including phenoxy) is 2. The van der Waals surface area contributed by atoms with Crippen LogP contribution in [0.15, 0.2) is 0 Å². The summed E-state index contributed by atoms with van der Waals surface area (Å²) in [4.78, 5) is 0. The lowest BCUT2D eigenvalue weighted by molar-refractivity contribution is -0.132. The van der Waals surface area contributed by atoms with Crippen molar-refractivity contribution < 1.29 is 27.0 Å². The van der Waals surface area contributed by atoms with E-state index in [2.05, 4.69) is 0 Å². The maximum Gasteiger partial charge on any atom is 0.394 e. The van der Waals surface area contributed by atoms with Gasteiger partial charge in [0.1, 0.15) is 0 Å². The van der Waals surface area contributed by atoms with E-state index in [0.717, 1.165) is 0 Å². The second-order valence-corrected chi connectivity index (χ2v) is 3.05. The van der Waals surface area contributed by atoms with E-state index >= 15 is 0 Å². The van der Waals surface area contributed by atoms with Crippen LogP contribution in [0.4, 0.5) is 0 Å². The molecule has 7 nitrogen and oxygen atoms in total. The topological polar surface area (TPSA) is 117 Å². The maximum atomic E-state index is 8.74. The van der Waals surface area contributed by atoms with Crippen molar-refractivity contribution >= 4 is 10.4 Å².